The molecule has 4 nitrogen and oxygen atoms in total. The lowest BCUT2D eigenvalue weighted by Crippen LogP contribution is -2.13. The van der Waals surface area contributed by atoms with Gasteiger partial charge in [-0.15, -0.1) is 0 Å². The molecule has 0 aliphatic rings. The third-order valence-electron chi connectivity index (χ3n) is 1.97. The van der Waals surface area contributed by atoms with E-state index in [0.29, 0.717) is 0 Å². The molecule has 0 bridgehead atoms. The number of hydrogen-bond acceptors (Lipinski definition) is 3. The molecule has 0 unspecified atom stereocenters. The Morgan fingerprint density at radius 3 is 1.65 bits per heavy atom. The van der Waals surface area contributed by atoms with E-state index in [9.17, 15) is 8.76 Å². The summed E-state index contributed by atoms with van der Waals surface area (Å²) in [7, 11) is -3.39. The Labute approximate surface area is 116 Å². The number of halogens is 2. The van der Waals surface area contributed by atoms with Gasteiger partial charge in [0.1, 0.15) is 0 Å². The molecule has 0 saturated carbocycles. The highest BCUT2D eigenvalue weighted by Crippen LogP contribution is 2.24. The first-order valence-electron chi connectivity index (χ1n) is 4.50. The third-order valence-corrected chi connectivity index (χ3v) is 4.52. The van der Waals surface area contributed by atoms with Crippen molar-refractivity contribution < 1.29 is 8.76 Å². The van der Waals surface area contributed by atoms with Gasteiger partial charge in [0.05, 0.1) is 0 Å². The molecular weight excluding hydrogens is 372 g/mol. The topological polar surface area (TPSA) is 63.1 Å². The molecule has 2 heterocycles. The van der Waals surface area contributed by atoms with E-state index in [1.54, 1.807) is 12.1 Å². The van der Waals surface area contributed by atoms with Crippen LogP contribution in [-0.4, -0.2) is 14.5 Å². The Bertz CT molecular complexity index is 522. The molecule has 0 atom stereocenters. The van der Waals surface area contributed by atoms with Crippen molar-refractivity contribution in [3.63, 3.8) is 0 Å². The van der Waals surface area contributed by atoms with Crippen LogP contribution in [0.25, 0.3) is 0 Å². The van der Waals surface area contributed by atoms with Crippen LogP contribution in [0.4, 0.5) is 0 Å². The van der Waals surface area contributed by atoms with Gasteiger partial charge in [-0.25, -0.2) is 9.97 Å². The largest absolute Gasteiger partial charge is 0.318 e. The van der Waals surface area contributed by atoms with Crippen molar-refractivity contribution in [3.05, 3.63) is 45.6 Å². The Balaban J connectivity index is 2.45. The fraction of sp³-hybridized carbons (Fsp3) is 0. The summed E-state index contributed by atoms with van der Waals surface area (Å²) in [5, 5.41) is 0.186. The first-order chi connectivity index (χ1) is 8.00. The van der Waals surface area contributed by atoms with E-state index in [-0.39, 0.29) is 10.1 Å². The zero-order valence-corrected chi connectivity index (χ0v) is 12.4. The summed E-state index contributed by atoms with van der Waals surface area (Å²) in [5.41, 5.74) is 0. The highest BCUT2D eigenvalue weighted by Gasteiger charge is 2.36. The van der Waals surface area contributed by atoms with Crippen LogP contribution < -0.4 is 0 Å². The van der Waals surface area contributed by atoms with E-state index in [4.69, 9.17) is 0 Å². The Morgan fingerprint density at radius 1 is 0.941 bits per heavy atom. The molecule has 0 amide bonds. The summed E-state index contributed by atoms with van der Waals surface area (Å²) < 4.78 is 23.7. The molecule has 0 aliphatic carbocycles. The highest BCUT2D eigenvalue weighted by atomic mass is 79.9. The van der Waals surface area contributed by atoms with Gasteiger partial charge in [0, 0.05) is 33.5 Å². The van der Waals surface area contributed by atoms with Crippen molar-refractivity contribution in [2.45, 2.75) is 10.1 Å². The van der Waals surface area contributed by atoms with Crippen LogP contribution in [0, 0.1) is 0 Å². The summed E-state index contributed by atoms with van der Waals surface area (Å²) in [6.45, 7) is 0. The van der Waals surface area contributed by atoms with Gasteiger partial charge in [0.2, 0.25) is 0 Å². The second-order valence-corrected chi connectivity index (χ2v) is 6.87. The molecular formula is C10H7Br2N2O2S+. The van der Waals surface area contributed by atoms with Crippen molar-refractivity contribution in [2.24, 2.45) is 0 Å². The molecule has 2 rings (SSSR count). The standard InChI is InChI=1S/C10H6Br2N2O2S/c11-7-1-3-9(13-5-7)17(15,16)10-4-2-8(12)6-14-10/h1-6H/p+1. The minimum atomic E-state index is -3.39. The number of aromatic nitrogens is 2. The van der Waals surface area contributed by atoms with Gasteiger partial charge in [-0.3, -0.25) is 0 Å². The first kappa shape index (κ1) is 12.8. The maximum atomic E-state index is 12.2. The predicted molar refractivity (Wildman–Crippen MR) is 71.1 cm³/mol. The summed E-state index contributed by atoms with van der Waals surface area (Å²) in [5.74, 6) is 0. The summed E-state index contributed by atoms with van der Waals surface area (Å²) >= 11 is 6.44. The fourth-order valence-corrected chi connectivity index (χ4v) is 2.74. The maximum absolute atomic E-state index is 12.2. The number of hydrogen-bond donors (Lipinski definition) is 1. The second kappa shape index (κ2) is 4.93. The molecule has 7 heteroatoms. The van der Waals surface area contributed by atoms with Crippen LogP contribution in [0.1, 0.15) is 0 Å². The minimum absolute atomic E-state index is 0.0931. The van der Waals surface area contributed by atoms with Crippen LogP contribution in [0.3, 0.4) is 0 Å². The molecule has 88 valence electrons. The predicted octanol–water partition coefficient (Wildman–Crippen LogP) is 3.39. The highest BCUT2D eigenvalue weighted by molar-refractivity contribution is 9.10. The van der Waals surface area contributed by atoms with E-state index in [1.807, 2.05) is 0 Å². The van der Waals surface area contributed by atoms with Gasteiger partial charge in [0.25, 0.3) is 10.1 Å². The second-order valence-electron chi connectivity index (χ2n) is 3.16. The maximum Gasteiger partial charge on any atom is 0.318 e. The van der Waals surface area contributed by atoms with Gasteiger partial charge in [-0.2, -0.15) is 4.55 Å². The van der Waals surface area contributed by atoms with Gasteiger partial charge in [-0.1, -0.05) is 4.21 Å². The Kier molecular flexibility index (Phi) is 3.72. The first-order valence-corrected chi connectivity index (χ1v) is 7.60. The lowest BCUT2D eigenvalue weighted by Gasteiger charge is -2.01. The van der Waals surface area contributed by atoms with Crippen LogP contribution in [-0.2, 0) is 14.4 Å². The average Bonchev–Trinajstić information content (AvgIpc) is 2.30. The van der Waals surface area contributed by atoms with Crippen molar-refractivity contribution in [1.82, 2.24) is 9.97 Å². The van der Waals surface area contributed by atoms with Crippen molar-refractivity contribution in [3.8, 4) is 0 Å². The fourth-order valence-electron chi connectivity index (χ4n) is 1.16. The SMILES string of the molecule is O=[S+](O)(c1ccc(Br)cn1)c1ccc(Br)cn1. The molecule has 0 saturated heterocycles. The van der Waals surface area contributed by atoms with Crippen molar-refractivity contribution in [2.75, 3.05) is 0 Å². The zero-order chi connectivity index (χ0) is 12.5. The normalized spacial score (nSPS) is 11.5. The molecule has 0 spiro atoms. The third kappa shape index (κ3) is 2.79. The van der Waals surface area contributed by atoms with Crippen LogP contribution >= 0.6 is 31.9 Å². The van der Waals surface area contributed by atoms with E-state index in [2.05, 4.69) is 41.8 Å². The average molecular weight is 379 g/mol. The molecule has 1 N–H and O–H groups in total. The van der Waals surface area contributed by atoms with Crippen molar-refractivity contribution in [1.29, 1.82) is 0 Å². The van der Waals surface area contributed by atoms with Crippen LogP contribution in [0.5, 0.6) is 0 Å². The lowest BCUT2D eigenvalue weighted by atomic mass is 10.5. The lowest BCUT2D eigenvalue weighted by molar-refractivity contribution is 0.490. The molecule has 0 radical (unpaired) electrons. The number of nitrogens with zero attached hydrogens (tertiary/aromatic N) is 2. The van der Waals surface area contributed by atoms with Crippen LogP contribution in [0.2, 0.25) is 0 Å². The van der Waals surface area contributed by atoms with Crippen molar-refractivity contribution >= 4 is 42.1 Å². The smallest absolute Gasteiger partial charge is 0.207 e. The summed E-state index contributed by atoms with van der Waals surface area (Å²) in [4.78, 5) is 7.85. The molecule has 0 aliphatic heterocycles. The minimum Gasteiger partial charge on any atom is -0.207 e. The van der Waals surface area contributed by atoms with Gasteiger partial charge < -0.3 is 0 Å². The molecule has 2 aromatic heterocycles. The van der Waals surface area contributed by atoms with Gasteiger partial charge in [0.15, 0.2) is 0 Å². The monoisotopic (exact) mass is 377 g/mol. The van der Waals surface area contributed by atoms with Crippen LogP contribution in [0.15, 0.2) is 55.7 Å². The van der Waals surface area contributed by atoms with E-state index in [1.165, 1.54) is 24.5 Å². The molecule has 2 aromatic rings. The molecule has 17 heavy (non-hydrogen) atoms. The van der Waals surface area contributed by atoms with E-state index in [0.717, 1.165) is 8.95 Å². The quantitative estimate of drug-likeness (QED) is 0.813. The van der Waals surface area contributed by atoms with Gasteiger partial charge in [-0.05, 0) is 44.0 Å². The Hall–Kier alpha value is -0.630. The molecule has 0 fully saturated rings. The summed E-state index contributed by atoms with van der Waals surface area (Å²) in [6.07, 6.45) is 2.95. The summed E-state index contributed by atoms with van der Waals surface area (Å²) in [6, 6.07) is 6.32. The van der Waals surface area contributed by atoms with Gasteiger partial charge >= 0.3 is 10.2 Å². The molecule has 0 aromatic carbocycles. The zero-order valence-electron chi connectivity index (χ0n) is 8.38. The number of rotatable bonds is 2. The Morgan fingerprint density at radius 2 is 1.35 bits per heavy atom. The van der Waals surface area contributed by atoms with E-state index < -0.39 is 10.2 Å². The van der Waals surface area contributed by atoms with E-state index >= 15 is 0 Å². The number of pyridine rings is 2.